The lowest BCUT2D eigenvalue weighted by atomic mass is 10.1. The molecule has 1 aliphatic heterocycles. The lowest BCUT2D eigenvalue weighted by molar-refractivity contribution is -0.138. The van der Waals surface area contributed by atoms with E-state index in [9.17, 15) is 14.7 Å². The molecule has 0 aromatic heterocycles. The first-order valence-electron chi connectivity index (χ1n) is 4.69. The van der Waals surface area contributed by atoms with Crippen molar-refractivity contribution in [2.45, 2.75) is 12.5 Å². The molecule has 1 aliphatic rings. The molecular formula is C10H10N2O4. The van der Waals surface area contributed by atoms with Crippen LogP contribution >= 0.6 is 0 Å². The van der Waals surface area contributed by atoms with E-state index in [1.165, 1.54) is 6.07 Å². The van der Waals surface area contributed by atoms with E-state index in [4.69, 9.17) is 5.11 Å². The van der Waals surface area contributed by atoms with Gasteiger partial charge in [0, 0.05) is 0 Å². The monoisotopic (exact) mass is 222 g/mol. The van der Waals surface area contributed by atoms with Crippen LogP contribution in [0.5, 0.6) is 5.75 Å². The molecule has 6 heteroatoms. The fourth-order valence-corrected chi connectivity index (χ4v) is 1.57. The molecule has 4 N–H and O–H groups in total. The van der Waals surface area contributed by atoms with Crippen molar-refractivity contribution in [1.29, 1.82) is 0 Å². The van der Waals surface area contributed by atoms with Crippen molar-refractivity contribution in [1.82, 2.24) is 0 Å². The number of phenolic OH excluding ortho intramolecular Hbond substituents is 1. The Kier molecular flexibility index (Phi) is 2.40. The smallest absolute Gasteiger partial charge is 0.305 e. The number of phenols is 1. The van der Waals surface area contributed by atoms with Gasteiger partial charge in [-0.15, -0.1) is 0 Å². The van der Waals surface area contributed by atoms with Gasteiger partial charge in [0.2, 0.25) is 5.91 Å². The molecule has 1 aromatic carbocycles. The number of anilines is 2. The second-order valence-corrected chi connectivity index (χ2v) is 3.48. The van der Waals surface area contributed by atoms with Crippen molar-refractivity contribution in [3.05, 3.63) is 18.2 Å². The van der Waals surface area contributed by atoms with Crippen LogP contribution < -0.4 is 10.6 Å². The fraction of sp³-hybridized carbons (Fsp3) is 0.200. The third-order valence-electron chi connectivity index (χ3n) is 2.31. The molecule has 0 fully saturated rings. The molecule has 1 unspecified atom stereocenters. The lowest BCUT2D eigenvalue weighted by Gasteiger charge is -2.26. The van der Waals surface area contributed by atoms with Crippen molar-refractivity contribution in [2.24, 2.45) is 0 Å². The third kappa shape index (κ3) is 1.77. The molecule has 1 atom stereocenters. The highest BCUT2D eigenvalue weighted by Crippen LogP contribution is 2.35. The predicted octanol–water partition coefficient (Wildman–Crippen LogP) is 0.600. The number of benzene rings is 1. The van der Waals surface area contributed by atoms with Gasteiger partial charge in [-0.2, -0.15) is 0 Å². The van der Waals surface area contributed by atoms with Crippen LogP contribution in [0.4, 0.5) is 11.4 Å². The molecule has 6 nitrogen and oxygen atoms in total. The summed E-state index contributed by atoms with van der Waals surface area (Å²) < 4.78 is 0. The van der Waals surface area contributed by atoms with Crippen LogP contribution in [0.2, 0.25) is 0 Å². The van der Waals surface area contributed by atoms with E-state index < -0.39 is 17.9 Å². The summed E-state index contributed by atoms with van der Waals surface area (Å²) in [6, 6.07) is 3.81. The number of fused-ring (bicyclic) bond motifs is 1. The van der Waals surface area contributed by atoms with Crippen molar-refractivity contribution in [3.63, 3.8) is 0 Å². The quantitative estimate of drug-likeness (QED) is 0.549. The summed E-state index contributed by atoms with van der Waals surface area (Å²) in [6.07, 6.45) is -0.334. The third-order valence-corrected chi connectivity index (χ3v) is 2.31. The molecule has 1 heterocycles. The van der Waals surface area contributed by atoms with Crippen molar-refractivity contribution in [3.8, 4) is 5.75 Å². The molecular weight excluding hydrogens is 212 g/mol. The minimum absolute atomic E-state index is 0.0205. The maximum Gasteiger partial charge on any atom is 0.305 e. The van der Waals surface area contributed by atoms with E-state index in [1.54, 1.807) is 12.1 Å². The number of carbonyl (C=O) groups excluding carboxylic acids is 1. The SMILES string of the molecule is O=C(O)CC1Nc2c(O)cccc2NC1=O. The van der Waals surface area contributed by atoms with Gasteiger partial charge in [-0.3, -0.25) is 9.59 Å². The Bertz CT molecular complexity index is 458. The number of hydrogen-bond acceptors (Lipinski definition) is 4. The van der Waals surface area contributed by atoms with Gasteiger partial charge in [-0.1, -0.05) is 6.07 Å². The number of amides is 1. The van der Waals surface area contributed by atoms with Crippen LogP contribution in [0.25, 0.3) is 0 Å². The van der Waals surface area contributed by atoms with Gasteiger partial charge in [-0.25, -0.2) is 0 Å². The maximum absolute atomic E-state index is 11.5. The highest BCUT2D eigenvalue weighted by Gasteiger charge is 2.28. The zero-order valence-electron chi connectivity index (χ0n) is 8.23. The number of aromatic hydroxyl groups is 1. The van der Waals surface area contributed by atoms with E-state index in [0.717, 1.165) is 0 Å². The van der Waals surface area contributed by atoms with Crippen LogP contribution in [0, 0.1) is 0 Å². The van der Waals surface area contributed by atoms with Crippen molar-refractivity contribution >= 4 is 23.3 Å². The number of carbonyl (C=O) groups is 2. The number of aliphatic carboxylic acids is 1. The molecule has 2 rings (SSSR count). The topological polar surface area (TPSA) is 98.7 Å². The molecule has 0 radical (unpaired) electrons. The predicted molar refractivity (Wildman–Crippen MR) is 56.4 cm³/mol. The summed E-state index contributed by atoms with van der Waals surface area (Å²) in [6.45, 7) is 0. The summed E-state index contributed by atoms with van der Waals surface area (Å²) >= 11 is 0. The van der Waals surface area contributed by atoms with Gasteiger partial charge in [0.15, 0.2) is 0 Å². The summed E-state index contributed by atoms with van der Waals surface area (Å²) in [7, 11) is 0. The summed E-state index contributed by atoms with van der Waals surface area (Å²) in [5.74, 6) is -1.51. The van der Waals surface area contributed by atoms with Crippen LogP contribution in [-0.4, -0.2) is 28.1 Å². The normalized spacial score (nSPS) is 18.2. The Morgan fingerprint density at radius 2 is 2.19 bits per heavy atom. The number of para-hydroxylation sites is 1. The Morgan fingerprint density at radius 3 is 2.88 bits per heavy atom. The first-order valence-corrected chi connectivity index (χ1v) is 4.69. The number of carboxylic acids is 1. The van der Waals surface area contributed by atoms with Gasteiger partial charge in [0.25, 0.3) is 0 Å². The Hall–Kier alpha value is -2.24. The molecule has 1 aromatic rings. The Labute approximate surface area is 90.9 Å². The standard InChI is InChI=1S/C10H10N2O4/c13-7-3-1-2-5-9(7)11-6(4-8(14)15)10(16)12-5/h1-3,6,11,13H,4H2,(H,12,16)(H,14,15). The van der Waals surface area contributed by atoms with Gasteiger partial charge in [0.1, 0.15) is 17.5 Å². The number of rotatable bonds is 2. The Morgan fingerprint density at radius 1 is 1.44 bits per heavy atom. The number of carboxylic acid groups (broad SMARTS) is 1. The van der Waals surface area contributed by atoms with E-state index in [0.29, 0.717) is 11.4 Å². The van der Waals surface area contributed by atoms with Gasteiger partial charge in [0.05, 0.1) is 12.1 Å². The molecule has 0 aliphatic carbocycles. The molecule has 0 saturated carbocycles. The molecule has 0 spiro atoms. The molecule has 16 heavy (non-hydrogen) atoms. The molecule has 84 valence electrons. The molecule has 0 bridgehead atoms. The maximum atomic E-state index is 11.5. The number of hydrogen-bond donors (Lipinski definition) is 4. The van der Waals surface area contributed by atoms with E-state index >= 15 is 0 Å². The van der Waals surface area contributed by atoms with Crippen LogP contribution in [0.15, 0.2) is 18.2 Å². The summed E-state index contributed by atoms with van der Waals surface area (Å²) in [4.78, 5) is 22.0. The summed E-state index contributed by atoms with van der Waals surface area (Å²) in [5, 5.41) is 23.4. The van der Waals surface area contributed by atoms with Crippen LogP contribution in [-0.2, 0) is 9.59 Å². The molecule has 0 saturated heterocycles. The van der Waals surface area contributed by atoms with Crippen LogP contribution in [0.1, 0.15) is 6.42 Å². The first-order chi connectivity index (χ1) is 7.58. The fourth-order valence-electron chi connectivity index (χ4n) is 1.57. The Balaban J connectivity index is 2.30. The van der Waals surface area contributed by atoms with Crippen molar-refractivity contribution in [2.75, 3.05) is 10.6 Å². The minimum Gasteiger partial charge on any atom is -0.506 e. The van der Waals surface area contributed by atoms with E-state index in [-0.39, 0.29) is 12.2 Å². The van der Waals surface area contributed by atoms with Gasteiger partial charge in [-0.05, 0) is 12.1 Å². The average molecular weight is 222 g/mol. The zero-order valence-corrected chi connectivity index (χ0v) is 8.23. The summed E-state index contributed by atoms with van der Waals surface area (Å²) in [5.41, 5.74) is 0.806. The average Bonchev–Trinajstić information content (AvgIpc) is 2.20. The number of nitrogens with one attached hydrogen (secondary N) is 2. The second kappa shape index (κ2) is 3.73. The van der Waals surface area contributed by atoms with Gasteiger partial charge < -0.3 is 20.8 Å². The van der Waals surface area contributed by atoms with Gasteiger partial charge >= 0.3 is 5.97 Å². The largest absolute Gasteiger partial charge is 0.506 e. The molecule has 1 amide bonds. The van der Waals surface area contributed by atoms with Crippen molar-refractivity contribution < 1.29 is 19.8 Å². The lowest BCUT2D eigenvalue weighted by Crippen LogP contribution is -2.40. The highest BCUT2D eigenvalue weighted by molar-refractivity contribution is 6.05. The second-order valence-electron chi connectivity index (χ2n) is 3.48. The first kappa shape index (κ1) is 10.3. The highest BCUT2D eigenvalue weighted by atomic mass is 16.4. The van der Waals surface area contributed by atoms with E-state index in [2.05, 4.69) is 10.6 Å². The minimum atomic E-state index is -1.08. The van der Waals surface area contributed by atoms with Crippen LogP contribution in [0.3, 0.4) is 0 Å². The zero-order chi connectivity index (χ0) is 11.7. The van der Waals surface area contributed by atoms with E-state index in [1.807, 2.05) is 0 Å².